The van der Waals surface area contributed by atoms with E-state index in [-0.39, 0.29) is 22.7 Å². The molecule has 2 atom stereocenters. The van der Waals surface area contributed by atoms with E-state index in [2.05, 4.69) is 20.6 Å². The number of carbonyl (C=O) groups is 2. The van der Waals surface area contributed by atoms with Gasteiger partial charge < -0.3 is 21.5 Å². The zero-order valence-electron chi connectivity index (χ0n) is 15.9. The van der Waals surface area contributed by atoms with Crippen LogP contribution in [0.15, 0.2) is 21.8 Å². The van der Waals surface area contributed by atoms with Crippen molar-refractivity contribution in [3.63, 3.8) is 0 Å². The second-order valence-corrected chi connectivity index (χ2v) is 9.19. The lowest BCUT2D eigenvalue weighted by Gasteiger charge is -2.23. The number of amides is 1. The molecular weight excluding hydrogens is 414 g/mol. The third kappa shape index (κ3) is 5.30. The van der Waals surface area contributed by atoms with Crippen molar-refractivity contribution in [3.8, 4) is 0 Å². The van der Waals surface area contributed by atoms with Gasteiger partial charge >= 0.3 is 5.97 Å². The number of nitrogen functional groups attached to an aromatic ring is 1. The molecule has 0 saturated carbocycles. The van der Waals surface area contributed by atoms with Gasteiger partial charge in [-0.3, -0.25) is 14.6 Å². The van der Waals surface area contributed by atoms with E-state index in [1.54, 1.807) is 6.07 Å². The van der Waals surface area contributed by atoms with Crippen molar-refractivity contribution in [2.45, 2.75) is 48.8 Å². The van der Waals surface area contributed by atoms with Gasteiger partial charge in [-0.05, 0) is 31.4 Å². The number of aromatic nitrogens is 2. The Morgan fingerprint density at radius 2 is 2.24 bits per heavy atom. The van der Waals surface area contributed by atoms with Crippen LogP contribution in [0, 0.1) is 0 Å². The molecule has 0 fully saturated rings. The second kappa shape index (κ2) is 9.31. The molecule has 6 N–H and O–H groups in total. The summed E-state index contributed by atoms with van der Waals surface area (Å²) in [5.41, 5.74) is 5.32. The monoisotopic (exact) mass is 437 g/mol. The van der Waals surface area contributed by atoms with Crippen molar-refractivity contribution in [3.05, 3.63) is 32.2 Å². The van der Waals surface area contributed by atoms with E-state index < -0.39 is 12.0 Å². The Balaban J connectivity index is 1.56. The molecule has 3 heterocycles. The van der Waals surface area contributed by atoms with Crippen molar-refractivity contribution in [2.24, 2.45) is 0 Å². The van der Waals surface area contributed by atoms with Gasteiger partial charge in [0, 0.05) is 16.7 Å². The quantitative estimate of drug-likeness (QED) is 0.420. The van der Waals surface area contributed by atoms with Crippen LogP contribution in [-0.2, 0) is 11.2 Å². The fourth-order valence-corrected chi connectivity index (χ4v) is 5.05. The van der Waals surface area contributed by atoms with Crippen molar-refractivity contribution in [2.75, 3.05) is 17.6 Å². The maximum Gasteiger partial charge on any atom is 0.326 e. The third-order valence-corrected chi connectivity index (χ3v) is 6.95. The Kier molecular flexibility index (Phi) is 6.80. The number of carbonyl (C=O) groups excluding carboxylic acids is 1. The van der Waals surface area contributed by atoms with Crippen LogP contribution >= 0.6 is 23.1 Å². The summed E-state index contributed by atoms with van der Waals surface area (Å²) < 4.78 is 0. The molecule has 0 bridgehead atoms. The summed E-state index contributed by atoms with van der Waals surface area (Å²) in [6, 6.07) is 2.74. The normalized spacial score (nSPS) is 16.5. The van der Waals surface area contributed by atoms with Crippen LogP contribution in [0.3, 0.4) is 0 Å². The lowest BCUT2D eigenvalue weighted by atomic mass is 10.1. The molecule has 0 unspecified atom stereocenters. The number of carboxylic acids is 1. The molecular formula is C18H23N5O4S2. The predicted octanol–water partition coefficient (Wildman–Crippen LogP) is 1.92. The zero-order valence-corrected chi connectivity index (χ0v) is 17.5. The smallest absolute Gasteiger partial charge is 0.326 e. The maximum absolute atomic E-state index is 12.3. The van der Waals surface area contributed by atoms with Gasteiger partial charge in [0.1, 0.15) is 16.8 Å². The molecule has 0 saturated heterocycles. The van der Waals surface area contributed by atoms with Crippen LogP contribution in [0.4, 0.5) is 11.8 Å². The van der Waals surface area contributed by atoms with Gasteiger partial charge in [0.25, 0.3) is 11.5 Å². The number of carboxylic acid groups (broad SMARTS) is 1. The molecule has 1 amide bonds. The average Bonchev–Trinajstić information content (AvgIpc) is 3.15. The predicted molar refractivity (Wildman–Crippen MR) is 114 cm³/mol. The molecule has 1 aliphatic heterocycles. The highest BCUT2D eigenvalue weighted by molar-refractivity contribution is 8.00. The Hall–Kier alpha value is -2.53. The first-order chi connectivity index (χ1) is 13.9. The largest absolute Gasteiger partial charge is 0.480 e. The number of thiophene rings is 1. The fourth-order valence-electron chi connectivity index (χ4n) is 3.00. The molecule has 3 rings (SSSR count). The van der Waals surface area contributed by atoms with E-state index in [4.69, 9.17) is 5.73 Å². The minimum atomic E-state index is -1.02. The summed E-state index contributed by atoms with van der Waals surface area (Å²) in [6.45, 7) is 2.55. The van der Waals surface area contributed by atoms with Gasteiger partial charge in [-0.1, -0.05) is 13.3 Å². The Morgan fingerprint density at radius 1 is 1.45 bits per heavy atom. The minimum Gasteiger partial charge on any atom is -0.480 e. The van der Waals surface area contributed by atoms with Crippen molar-refractivity contribution in [1.29, 1.82) is 0 Å². The topological polar surface area (TPSA) is 150 Å². The number of fused-ring (bicyclic) bond motifs is 1. The number of nitrogens with zero attached hydrogens (tertiary/aromatic N) is 1. The van der Waals surface area contributed by atoms with Crippen molar-refractivity contribution >= 4 is 46.7 Å². The Bertz CT molecular complexity index is 958. The van der Waals surface area contributed by atoms with E-state index in [9.17, 15) is 19.5 Å². The average molecular weight is 438 g/mol. The summed E-state index contributed by atoms with van der Waals surface area (Å²) in [7, 11) is 0. The summed E-state index contributed by atoms with van der Waals surface area (Å²) in [6.07, 6.45) is 2.64. The Morgan fingerprint density at radius 3 is 2.97 bits per heavy atom. The molecule has 156 valence electrons. The van der Waals surface area contributed by atoms with Crippen LogP contribution in [0.1, 0.15) is 40.7 Å². The summed E-state index contributed by atoms with van der Waals surface area (Å²) in [4.78, 5) is 44.3. The molecule has 1 aliphatic rings. The zero-order chi connectivity index (χ0) is 21.0. The van der Waals surface area contributed by atoms with Gasteiger partial charge in [0.2, 0.25) is 5.95 Å². The number of hydrogen-bond donors (Lipinski definition) is 5. The molecule has 0 aliphatic carbocycles. The van der Waals surface area contributed by atoms with Gasteiger partial charge in [0.15, 0.2) is 0 Å². The molecule has 0 spiro atoms. The summed E-state index contributed by atoms with van der Waals surface area (Å²) >= 11 is 2.84. The lowest BCUT2D eigenvalue weighted by molar-refractivity contribution is -0.139. The van der Waals surface area contributed by atoms with Gasteiger partial charge in [-0.2, -0.15) is 4.98 Å². The number of nitrogens with two attached hydrogens (primary N) is 1. The van der Waals surface area contributed by atoms with Gasteiger partial charge in [-0.15, -0.1) is 23.1 Å². The molecule has 9 nitrogen and oxygen atoms in total. The summed E-state index contributed by atoms with van der Waals surface area (Å²) in [5, 5.41) is 15.1. The van der Waals surface area contributed by atoms with E-state index in [1.807, 2.05) is 13.0 Å². The highest BCUT2D eigenvalue weighted by atomic mass is 32.2. The number of hydrogen-bond acceptors (Lipinski definition) is 8. The number of H-pyrrole nitrogens is 1. The molecule has 2 aromatic rings. The van der Waals surface area contributed by atoms with Crippen LogP contribution in [0.25, 0.3) is 0 Å². The van der Waals surface area contributed by atoms with Crippen LogP contribution in [0.5, 0.6) is 0 Å². The number of anilines is 2. The molecule has 0 aromatic carbocycles. The fraction of sp³-hybridized carbons (Fsp3) is 0.444. The van der Waals surface area contributed by atoms with Crippen molar-refractivity contribution in [1.82, 2.24) is 15.3 Å². The van der Waals surface area contributed by atoms with Gasteiger partial charge in [-0.25, -0.2) is 4.79 Å². The van der Waals surface area contributed by atoms with E-state index in [0.29, 0.717) is 35.0 Å². The number of aryl methyl sites for hydroxylation is 1. The highest BCUT2D eigenvalue weighted by Crippen LogP contribution is 2.33. The number of rotatable bonds is 8. The number of aromatic amines is 1. The number of thioether (sulfide) groups is 1. The number of nitrogens with one attached hydrogen (secondary N) is 3. The van der Waals surface area contributed by atoms with Crippen molar-refractivity contribution < 1.29 is 14.7 Å². The SMILES string of the molecule is CCC[C@H](NC(=O)c1ccc(CC[C@H]2CNc3nc(N)[nH]c(=O)c3S2)s1)C(=O)O. The van der Waals surface area contributed by atoms with Crippen LogP contribution in [0.2, 0.25) is 0 Å². The number of aliphatic carboxylic acids is 1. The molecule has 0 radical (unpaired) electrons. The van der Waals surface area contributed by atoms with Crippen LogP contribution < -0.4 is 21.9 Å². The maximum atomic E-state index is 12.3. The van der Waals surface area contributed by atoms with E-state index >= 15 is 0 Å². The third-order valence-electron chi connectivity index (χ3n) is 4.46. The highest BCUT2D eigenvalue weighted by Gasteiger charge is 2.24. The Labute approximate surface area is 175 Å². The first kappa shape index (κ1) is 21.2. The molecule has 29 heavy (non-hydrogen) atoms. The lowest BCUT2D eigenvalue weighted by Crippen LogP contribution is -2.40. The first-order valence-electron chi connectivity index (χ1n) is 9.30. The first-order valence-corrected chi connectivity index (χ1v) is 11.0. The van der Waals surface area contributed by atoms with Gasteiger partial charge in [0.05, 0.1) is 4.88 Å². The van der Waals surface area contributed by atoms with E-state index in [0.717, 1.165) is 17.7 Å². The second-order valence-electron chi connectivity index (χ2n) is 6.71. The standard InChI is InChI=1S/C18H23N5O4S2/c1-2-3-11(17(26)27)21-15(24)12-7-6-9(28-12)4-5-10-8-20-14-13(29-10)16(25)23-18(19)22-14/h6-7,10-11H,2-5,8H2,1H3,(H,21,24)(H,26,27)(H4,19,20,22,23,25)/t10-,11-/m0/s1. The minimum absolute atomic E-state index is 0.0914. The molecule has 11 heteroatoms. The van der Waals surface area contributed by atoms with E-state index in [1.165, 1.54) is 23.1 Å². The molecule has 2 aromatic heterocycles. The van der Waals surface area contributed by atoms with Crippen LogP contribution in [-0.4, -0.2) is 44.8 Å². The summed E-state index contributed by atoms with van der Waals surface area (Å²) in [5.74, 6) is -0.776.